The van der Waals surface area contributed by atoms with Crippen LogP contribution in [-0.4, -0.2) is 31.1 Å². The Kier molecular flexibility index (Phi) is 4.45. The fourth-order valence-corrected chi connectivity index (χ4v) is 4.11. The topological polar surface area (TPSA) is 67.9 Å². The molecule has 7 heteroatoms. The molecule has 146 valence electrons. The van der Waals surface area contributed by atoms with Crippen molar-refractivity contribution < 1.29 is 23.5 Å². The fraction of sp³-hybridized carbons (Fsp3) is 0.333. The van der Waals surface area contributed by atoms with Gasteiger partial charge in [-0.3, -0.25) is 9.69 Å². The van der Waals surface area contributed by atoms with Crippen LogP contribution in [0.4, 0.5) is 9.18 Å². The maximum atomic E-state index is 14.0. The van der Waals surface area contributed by atoms with Crippen molar-refractivity contribution in [3.8, 4) is 11.5 Å². The molecule has 1 saturated heterocycles. The lowest BCUT2D eigenvalue weighted by Gasteiger charge is -2.33. The summed E-state index contributed by atoms with van der Waals surface area (Å²) in [5, 5.41) is 2.90. The van der Waals surface area contributed by atoms with E-state index in [4.69, 9.17) is 9.47 Å². The number of nitrogens with zero attached hydrogens (tertiary/aromatic N) is 1. The first-order valence-corrected chi connectivity index (χ1v) is 9.12. The molecule has 0 saturated carbocycles. The Balaban J connectivity index is 1.66. The van der Waals surface area contributed by atoms with Gasteiger partial charge in [-0.15, -0.1) is 0 Å². The van der Waals surface area contributed by atoms with Gasteiger partial charge in [0.2, 0.25) is 0 Å². The molecule has 3 amide bonds. The molecule has 1 spiro atoms. The highest BCUT2D eigenvalue weighted by atomic mass is 19.1. The smallest absolute Gasteiger partial charge is 0.325 e. The van der Waals surface area contributed by atoms with Crippen LogP contribution in [0.1, 0.15) is 29.5 Å². The number of carbonyl (C=O) groups excluding carboxylic acids is 2. The molecule has 4 rings (SSSR count). The van der Waals surface area contributed by atoms with Crippen molar-refractivity contribution in [1.29, 1.82) is 0 Å². The molecule has 2 aromatic rings. The molecule has 0 aromatic heterocycles. The lowest BCUT2D eigenvalue weighted by Crippen LogP contribution is -2.46. The van der Waals surface area contributed by atoms with Crippen LogP contribution in [0.3, 0.4) is 0 Å². The number of hydrogen-bond acceptors (Lipinski definition) is 4. The maximum absolute atomic E-state index is 14.0. The number of urea groups is 1. The number of halogens is 1. The average Bonchev–Trinajstić information content (AvgIpc) is 2.92. The van der Waals surface area contributed by atoms with Gasteiger partial charge in [0, 0.05) is 0 Å². The van der Waals surface area contributed by atoms with Gasteiger partial charge in [0.05, 0.1) is 20.8 Å². The number of ether oxygens (including phenoxy) is 2. The van der Waals surface area contributed by atoms with Gasteiger partial charge in [0.1, 0.15) is 11.3 Å². The normalized spacial score (nSPS) is 20.9. The molecule has 1 heterocycles. The summed E-state index contributed by atoms with van der Waals surface area (Å²) in [5.74, 6) is 0.00225. The van der Waals surface area contributed by atoms with Crippen molar-refractivity contribution in [3.05, 3.63) is 58.9 Å². The second-order valence-electron chi connectivity index (χ2n) is 7.07. The predicted octanol–water partition coefficient (Wildman–Crippen LogP) is 3.13. The largest absolute Gasteiger partial charge is 0.497 e. The third-order valence-corrected chi connectivity index (χ3v) is 5.50. The van der Waals surface area contributed by atoms with Gasteiger partial charge < -0.3 is 14.8 Å². The zero-order chi connectivity index (χ0) is 19.9. The first-order valence-electron chi connectivity index (χ1n) is 9.12. The number of hydrogen-bond donors (Lipinski definition) is 1. The predicted molar refractivity (Wildman–Crippen MR) is 99.6 cm³/mol. The number of amides is 3. The number of fused-ring (bicyclic) bond motifs is 2. The van der Waals surface area contributed by atoms with E-state index in [0.29, 0.717) is 12.0 Å². The minimum absolute atomic E-state index is 0.00117. The number of benzene rings is 2. The molecule has 0 bridgehead atoms. The summed E-state index contributed by atoms with van der Waals surface area (Å²) in [6.45, 7) is -0.00117. The molecule has 1 N–H and O–H groups in total. The molecular formula is C21H21FN2O4. The molecule has 1 fully saturated rings. The zero-order valence-electron chi connectivity index (χ0n) is 15.8. The molecule has 28 heavy (non-hydrogen) atoms. The number of imide groups is 1. The monoisotopic (exact) mass is 384 g/mol. The van der Waals surface area contributed by atoms with Crippen LogP contribution in [0.2, 0.25) is 0 Å². The van der Waals surface area contributed by atoms with E-state index in [1.165, 1.54) is 19.2 Å². The Morgan fingerprint density at radius 2 is 1.96 bits per heavy atom. The minimum Gasteiger partial charge on any atom is -0.497 e. The number of aryl methyl sites for hydroxylation is 1. The molecule has 0 radical (unpaired) electrons. The van der Waals surface area contributed by atoms with Crippen molar-refractivity contribution in [2.75, 3.05) is 14.2 Å². The Bertz CT molecular complexity index is 961. The summed E-state index contributed by atoms with van der Waals surface area (Å²) in [6.07, 6.45) is 2.13. The van der Waals surface area contributed by atoms with Crippen LogP contribution in [0.5, 0.6) is 11.5 Å². The van der Waals surface area contributed by atoms with E-state index in [-0.39, 0.29) is 18.2 Å². The molecule has 1 aliphatic heterocycles. The van der Waals surface area contributed by atoms with Crippen LogP contribution in [-0.2, 0) is 23.3 Å². The number of nitrogens with one attached hydrogen (secondary N) is 1. The van der Waals surface area contributed by atoms with E-state index in [1.807, 2.05) is 12.1 Å². The Labute approximate surface area is 162 Å². The Morgan fingerprint density at radius 3 is 2.68 bits per heavy atom. The van der Waals surface area contributed by atoms with Crippen molar-refractivity contribution in [2.45, 2.75) is 31.3 Å². The second-order valence-corrected chi connectivity index (χ2v) is 7.07. The van der Waals surface area contributed by atoms with Gasteiger partial charge in [0.15, 0.2) is 11.6 Å². The summed E-state index contributed by atoms with van der Waals surface area (Å²) in [5.41, 5.74) is 1.25. The molecule has 2 aromatic carbocycles. The third kappa shape index (κ3) is 2.78. The highest BCUT2D eigenvalue weighted by Crippen LogP contribution is 2.41. The van der Waals surface area contributed by atoms with Crippen molar-refractivity contribution in [3.63, 3.8) is 0 Å². The number of rotatable bonds is 4. The first-order chi connectivity index (χ1) is 13.5. The second kappa shape index (κ2) is 6.82. The fourth-order valence-electron chi connectivity index (χ4n) is 4.11. The van der Waals surface area contributed by atoms with Gasteiger partial charge >= 0.3 is 6.03 Å². The summed E-state index contributed by atoms with van der Waals surface area (Å²) >= 11 is 0. The van der Waals surface area contributed by atoms with Crippen molar-refractivity contribution in [1.82, 2.24) is 10.2 Å². The molecule has 0 unspecified atom stereocenters. The SMILES string of the molecule is COc1ccc2c(c1)CCC[C@@]21NC(=O)N(Cc2ccc(OC)c(F)c2)C1=O. The van der Waals surface area contributed by atoms with Crippen LogP contribution in [0, 0.1) is 5.82 Å². The summed E-state index contributed by atoms with van der Waals surface area (Å²) < 4.78 is 24.2. The standard InChI is InChI=1S/C21H21FN2O4/c1-27-15-6-7-16-14(11-15)4-3-9-21(16)19(25)24(20(26)23-21)12-13-5-8-18(28-2)17(22)10-13/h5-8,10-11H,3-4,9,12H2,1-2H3,(H,23,26)/t21-/m1/s1. The van der Waals surface area contributed by atoms with Gasteiger partial charge in [0.25, 0.3) is 5.91 Å². The third-order valence-electron chi connectivity index (χ3n) is 5.50. The Morgan fingerprint density at radius 1 is 1.14 bits per heavy atom. The summed E-state index contributed by atoms with van der Waals surface area (Å²) in [6, 6.07) is 9.51. The first kappa shape index (κ1) is 18.3. The van der Waals surface area contributed by atoms with E-state index in [1.54, 1.807) is 19.2 Å². The average molecular weight is 384 g/mol. The maximum Gasteiger partial charge on any atom is 0.325 e. The van der Waals surface area contributed by atoms with Crippen molar-refractivity contribution in [2.24, 2.45) is 0 Å². The van der Waals surface area contributed by atoms with E-state index in [2.05, 4.69) is 5.32 Å². The number of methoxy groups -OCH3 is 2. The zero-order valence-corrected chi connectivity index (χ0v) is 15.8. The van der Waals surface area contributed by atoms with Crippen LogP contribution in [0.25, 0.3) is 0 Å². The number of carbonyl (C=O) groups is 2. The van der Waals surface area contributed by atoms with E-state index >= 15 is 0 Å². The molecule has 6 nitrogen and oxygen atoms in total. The molecule has 2 aliphatic rings. The van der Waals surface area contributed by atoms with Gasteiger partial charge in [-0.1, -0.05) is 12.1 Å². The van der Waals surface area contributed by atoms with Crippen LogP contribution >= 0.6 is 0 Å². The van der Waals surface area contributed by atoms with Gasteiger partial charge in [-0.05, 0) is 60.2 Å². The van der Waals surface area contributed by atoms with E-state index in [9.17, 15) is 14.0 Å². The molecule has 1 aliphatic carbocycles. The lowest BCUT2D eigenvalue weighted by atomic mass is 9.76. The highest BCUT2D eigenvalue weighted by molar-refractivity contribution is 6.07. The van der Waals surface area contributed by atoms with E-state index in [0.717, 1.165) is 34.6 Å². The van der Waals surface area contributed by atoms with Crippen molar-refractivity contribution >= 4 is 11.9 Å². The summed E-state index contributed by atoms with van der Waals surface area (Å²) in [7, 11) is 2.98. The highest BCUT2D eigenvalue weighted by Gasteiger charge is 2.53. The quantitative estimate of drug-likeness (QED) is 0.823. The van der Waals surface area contributed by atoms with E-state index < -0.39 is 17.4 Å². The van der Waals surface area contributed by atoms with Crippen LogP contribution < -0.4 is 14.8 Å². The van der Waals surface area contributed by atoms with Crippen LogP contribution in [0.15, 0.2) is 36.4 Å². The minimum atomic E-state index is -1.07. The van der Waals surface area contributed by atoms with Gasteiger partial charge in [-0.25, -0.2) is 9.18 Å². The molecule has 1 atom stereocenters. The van der Waals surface area contributed by atoms with Gasteiger partial charge in [-0.2, -0.15) is 0 Å². The molecular weight excluding hydrogens is 363 g/mol. The lowest BCUT2D eigenvalue weighted by molar-refractivity contribution is -0.132. The Hall–Kier alpha value is -3.09. The summed E-state index contributed by atoms with van der Waals surface area (Å²) in [4.78, 5) is 27.1.